The Labute approximate surface area is 119 Å². The van der Waals surface area contributed by atoms with Crippen LogP contribution in [0.2, 0.25) is 5.02 Å². The summed E-state index contributed by atoms with van der Waals surface area (Å²) in [6.45, 7) is 0.126. The molecule has 0 radical (unpaired) electrons. The average molecular weight is 307 g/mol. The van der Waals surface area contributed by atoms with Crippen molar-refractivity contribution < 1.29 is 13.2 Å². The maximum absolute atomic E-state index is 12.5. The molecule has 0 aliphatic carbocycles. The molecule has 0 spiro atoms. The van der Waals surface area contributed by atoms with Crippen LogP contribution in [-0.4, -0.2) is 47.8 Å². The maximum Gasteiger partial charge on any atom is 0.401 e. The number of rotatable bonds is 2. The van der Waals surface area contributed by atoms with Gasteiger partial charge in [0.2, 0.25) is 0 Å². The van der Waals surface area contributed by atoms with Crippen LogP contribution in [0.15, 0.2) is 12.3 Å². The van der Waals surface area contributed by atoms with Crippen molar-refractivity contribution in [3.05, 3.63) is 17.3 Å². The number of pyridine rings is 1. The predicted octanol–water partition coefficient (Wildman–Crippen LogP) is 2.14. The van der Waals surface area contributed by atoms with Gasteiger partial charge in [-0.1, -0.05) is 11.6 Å². The molecular formula is C12H14ClF3N4. The lowest BCUT2D eigenvalue weighted by Gasteiger charge is -2.35. The number of halogens is 4. The van der Waals surface area contributed by atoms with E-state index in [1.54, 1.807) is 6.07 Å². The minimum Gasteiger partial charge on any atom is -0.397 e. The minimum atomic E-state index is -4.14. The van der Waals surface area contributed by atoms with Gasteiger partial charge in [0.15, 0.2) is 0 Å². The van der Waals surface area contributed by atoms with Crippen LogP contribution in [0.4, 0.5) is 24.7 Å². The number of nitrogens with two attached hydrogens (primary N) is 1. The molecule has 0 amide bonds. The lowest BCUT2D eigenvalue weighted by Crippen LogP contribution is -2.49. The van der Waals surface area contributed by atoms with Crippen molar-refractivity contribution in [2.75, 3.05) is 30.3 Å². The third-order valence-electron chi connectivity index (χ3n) is 3.90. The molecule has 110 valence electrons. The van der Waals surface area contributed by atoms with Crippen LogP contribution in [0.5, 0.6) is 0 Å². The average Bonchev–Trinajstić information content (AvgIpc) is 2.90. The first-order chi connectivity index (χ1) is 9.33. The molecule has 3 rings (SSSR count). The second-order valence-corrected chi connectivity index (χ2v) is 5.71. The third-order valence-corrected chi connectivity index (χ3v) is 4.22. The fourth-order valence-corrected chi connectivity index (χ4v) is 3.16. The summed E-state index contributed by atoms with van der Waals surface area (Å²) in [6, 6.07) is 1.67. The van der Waals surface area contributed by atoms with Gasteiger partial charge in [0.1, 0.15) is 5.82 Å². The summed E-state index contributed by atoms with van der Waals surface area (Å²) in [5.74, 6) is 0.686. The molecule has 20 heavy (non-hydrogen) atoms. The number of likely N-dealkylation sites (tertiary alicyclic amines) is 1. The van der Waals surface area contributed by atoms with E-state index < -0.39 is 12.7 Å². The highest BCUT2D eigenvalue weighted by Gasteiger charge is 2.47. The molecule has 2 bridgehead atoms. The highest BCUT2D eigenvalue weighted by Crippen LogP contribution is 2.36. The number of aromatic nitrogens is 1. The van der Waals surface area contributed by atoms with Crippen molar-refractivity contribution in [1.82, 2.24) is 9.88 Å². The number of hydrogen-bond acceptors (Lipinski definition) is 4. The lowest BCUT2D eigenvalue weighted by atomic mass is 10.2. The number of piperazine rings is 1. The molecule has 4 nitrogen and oxygen atoms in total. The molecule has 2 saturated heterocycles. The predicted molar refractivity (Wildman–Crippen MR) is 70.8 cm³/mol. The molecule has 2 N–H and O–H groups in total. The van der Waals surface area contributed by atoms with Crippen LogP contribution >= 0.6 is 11.6 Å². The number of nitrogens with zero attached hydrogens (tertiary/aromatic N) is 3. The lowest BCUT2D eigenvalue weighted by molar-refractivity contribution is -0.148. The number of nitrogen functional groups attached to an aromatic ring is 1. The van der Waals surface area contributed by atoms with Gasteiger partial charge in [-0.2, -0.15) is 13.2 Å². The summed E-state index contributed by atoms with van der Waals surface area (Å²) in [5.41, 5.74) is 6.18. The molecule has 2 aliphatic heterocycles. The Balaban J connectivity index is 1.71. The normalized spacial score (nSPS) is 26.5. The first-order valence-corrected chi connectivity index (χ1v) is 6.70. The number of alkyl halides is 3. The van der Waals surface area contributed by atoms with Gasteiger partial charge in [0.05, 0.1) is 17.3 Å². The van der Waals surface area contributed by atoms with Crippen LogP contribution in [0.25, 0.3) is 0 Å². The Kier molecular flexibility index (Phi) is 3.21. The van der Waals surface area contributed by atoms with E-state index in [1.807, 2.05) is 4.90 Å². The zero-order valence-corrected chi connectivity index (χ0v) is 11.3. The molecule has 0 saturated carbocycles. The second-order valence-electron chi connectivity index (χ2n) is 5.30. The Morgan fingerprint density at radius 1 is 1.35 bits per heavy atom. The molecule has 1 aromatic rings. The van der Waals surface area contributed by atoms with E-state index in [-0.39, 0.29) is 12.1 Å². The van der Waals surface area contributed by atoms with Crippen molar-refractivity contribution in [2.24, 2.45) is 0 Å². The Morgan fingerprint density at radius 3 is 2.65 bits per heavy atom. The number of hydrogen-bond donors (Lipinski definition) is 1. The first-order valence-electron chi connectivity index (χ1n) is 6.32. The topological polar surface area (TPSA) is 45.4 Å². The van der Waals surface area contributed by atoms with Gasteiger partial charge in [0.25, 0.3) is 0 Å². The van der Waals surface area contributed by atoms with Gasteiger partial charge < -0.3 is 10.6 Å². The van der Waals surface area contributed by atoms with Crippen LogP contribution in [-0.2, 0) is 0 Å². The molecule has 8 heteroatoms. The zero-order valence-electron chi connectivity index (χ0n) is 10.6. The number of anilines is 2. The van der Waals surface area contributed by atoms with E-state index in [0.29, 0.717) is 29.6 Å². The van der Waals surface area contributed by atoms with Crippen molar-refractivity contribution in [1.29, 1.82) is 0 Å². The van der Waals surface area contributed by atoms with Crippen LogP contribution in [0, 0.1) is 0 Å². The first kappa shape index (κ1) is 13.8. The van der Waals surface area contributed by atoms with Crippen LogP contribution < -0.4 is 10.6 Å². The molecular weight excluding hydrogens is 293 g/mol. The standard InChI is InChI=1S/C12H14ClF3N4/c13-9-3-18-11(2-10(9)17)20-5-7-1-8(20)4-19(7)6-12(14,15)16/h2-3,7-8H,1,4-6H2,(H2,17,18)/t7-,8-/m1/s1. The van der Waals surface area contributed by atoms with Gasteiger partial charge in [-0.25, -0.2) is 4.98 Å². The minimum absolute atomic E-state index is 0.0652. The van der Waals surface area contributed by atoms with Gasteiger partial charge >= 0.3 is 6.18 Å². The van der Waals surface area contributed by atoms with E-state index in [0.717, 1.165) is 6.42 Å². The monoisotopic (exact) mass is 306 g/mol. The summed E-state index contributed by atoms with van der Waals surface area (Å²) in [6.07, 6.45) is -1.93. The van der Waals surface area contributed by atoms with Gasteiger partial charge in [-0.3, -0.25) is 4.90 Å². The largest absolute Gasteiger partial charge is 0.401 e. The van der Waals surface area contributed by atoms with Gasteiger partial charge in [-0.05, 0) is 6.42 Å². The molecule has 0 aromatic carbocycles. The maximum atomic E-state index is 12.5. The Bertz CT molecular complexity index is 522. The quantitative estimate of drug-likeness (QED) is 0.909. The summed E-state index contributed by atoms with van der Waals surface area (Å²) in [4.78, 5) is 7.73. The molecule has 2 aliphatic rings. The van der Waals surface area contributed by atoms with Gasteiger partial charge in [-0.15, -0.1) is 0 Å². The van der Waals surface area contributed by atoms with Crippen LogP contribution in [0.1, 0.15) is 6.42 Å². The van der Waals surface area contributed by atoms with Gasteiger partial charge in [0, 0.05) is 37.4 Å². The molecule has 2 atom stereocenters. The highest BCUT2D eigenvalue weighted by atomic mass is 35.5. The van der Waals surface area contributed by atoms with E-state index in [4.69, 9.17) is 17.3 Å². The summed E-state index contributed by atoms with van der Waals surface area (Å²) in [7, 11) is 0. The molecule has 1 aromatic heterocycles. The van der Waals surface area contributed by atoms with E-state index in [1.165, 1.54) is 11.1 Å². The summed E-state index contributed by atoms with van der Waals surface area (Å²) >= 11 is 5.82. The fraction of sp³-hybridized carbons (Fsp3) is 0.583. The number of fused-ring (bicyclic) bond motifs is 2. The summed E-state index contributed by atoms with van der Waals surface area (Å²) in [5, 5.41) is 0.386. The molecule has 3 heterocycles. The van der Waals surface area contributed by atoms with E-state index in [9.17, 15) is 13.2 Å². The van der Waals surface area contributed by atoms with E-state index in [2.05, 4.69) is 4.98 Å². The zero-order chi connectivity index (χ0) is 14.5. The van der Waals surface area contributed by atoms with Crippen molar-refractivity contribution in [3.63, 3.8) is 0 Å². The second kappa shape index (κ2) is 4.66. The smallest absolute Gasteiger partial charge is 0.397 e. The van der Waals surface area contributed by atoms with Crippen LogP contribution in [0.3, 0.4) is 0 Å². The fourth-order valence-electron chi connectivity index (χ4n) is 3.05. The highest BCUT2D eigenvalue weighted by molar-refractivity contribution is 6.32. The SMILES string of the molecule is Nc1cc(N2C[C@H]3C[C@@H]2CN3CC(F)(F)F)ncc1Cl. The molecule has 2 fully saturated rings. The van der Waals surface area contributed by atoms with Crippen molar-refractivity contribution in [2.45, 2.75) is 24.7 Å². The van der Waals surface area contributed by atoms with Crippen molar-refractivity contribution >= 4 is 23.1 Å². The Hall–Kier alpha value is -1.21. The molecule has 0 unspecified atom stereocenters. The third kappa shape index (κ3) is 2.52. The summed E-state index contributed by atoms with van der Waals surface area (Å²) < 4.78 is 37.4. The van der Waals surface area contributed by atoms with E-state index >= 15 is 0 Å². The Morgan fingerprint density at radius 2 is 2.10 bits per heavy atom. The van der Waals surface area contributed by atoms with Crippen molar-refractivity contribution in [3.8, 4) is 0 Å².